The number of allylic oxidation sites excluding steroid dienone is 1. The van der Waals surface area contributed by atoms with Crippen LogP contribution in [0, 0.1) is 6.92 Å². The van der Waals surface area contributed by atoms with Gasteiger partial charge in [0, 0.05) is 28.8 Å². The number of nitrogens with zero attached hydrogens (tertiary/aromatic N) is 2. The maximum absolute atomic E-state index is 13.2. The second kappa shape index (κ2) is 9.29. The summed E-state index contributed by atoms with van der Waals surface area (Å²) in [6.07, 6.45) is 2.50. The van der Waals surface area contributed by atoms with Gasteiger partial charge in [0.2, 0.25) is 5.91 Å². The molecular weight excluding hydrogens is 446 g/mol. The summed E-state index contributed by atoms with van der Waals surface area (Å²) in [6.45, 7) is 12.1. The molecular formula is C27H31N3O3S. The number of hydrogen-bond donors (Lipinski definition) is 1. The summed E-state index contributed by atoms with van der Waals surface area (Å²) in [7, 11) is 0. The molecule has 1 atom stereocenters. The number of carbonyl (C=O) groups is 2. The fourth-order valence-corrected chi connectivity index (χ4v) is 5.39. The first-order valence-electron chi connectivity index (χ1n) is 11.6. The summed E-state index contributed by atoms with van der Waals surface area (Å²) in [5.74, 6) is 0.450. The topological polar surface area (TPSA) is 81.1 Å². The van der Waals surface area contributed by atoms with Crippen LogP contribution in [0.15, 0.2) is 46.7 Å². The fraction of sp³-hybridized carbons (Fsp3) is 0.407. The van der Waals surface area contributed by atoms with Crippen LogP contribution in [0.5, 0.6) is 0 Å². The molecule has 1 N–H and O–H groups in total. The Morgan fingerprint density at radius 1 is 1.29 bits per heavy atom. The molecule has 0 saturated carbocycles. The van der Waals surface area contributed by atoms with Gasteiger partial charge >= 0.3 is 0 Å². The zero-order chi connectivity index (χ0) is 24.6. The van der Waals surface area contributed by atoms with E-state index in [4.69, 9.17) is 0 Å². The van der Waals surface area contributed by atoms with Gasteiger partial charge in [0.05, 0.1) is 10.9 Å². The molecule has 1 saturated heterocycles. The number of hydrogen-bond acceptors (Lipinski definition) is 5. The number of amides is 1. The van der Waals surface area contributed by atoms with Gasteiger partial charge in [-0.2, -0.15) is 0 Å². The Hall–Kier alpha value is -3.06. The molecule has 0 spiro atoms. The number of aromatic nitrogens is 2. The summed E-state index contributed by atoms with van der Waals surface area (Å²) in [5.41, 5.74) is 3.40. The highest BCUT2D eigenvalue weighted by molar-refractivity contribution is 7.11. The van der Waals surface area contributed by atoms with Crippen LogP contribution >= 0.6 is 11.3 Å². The standard InChI is InChI=1S/C27H31N3O3S/c1-16-9-11-22(25(32)28-16)30-17(2)29-24-21(26(30)33)15-34-23(24)12-10-20(31)14-18-7-6-8-19(13-18)27(3,4)5/h6-8,13,15,22H,1,9-12,14H2,2-5H3,(H,28,32). The van der Waals surface area contributed by atoms with E-state index in [0.717, 1.165) is 10.4 Å². The van der Waals surface area contributed by atoms with E-state index in [2.05, 4.69) is 49.8 Å². The van der Waals surface area contributed by atoms with Gasteiger partial charge in [-0.3, -0.25) is 19.0 Å². The van der Waals surface area contributed by atoms with Crippen molar-refractivity contribution in [1.82, 2.24) is 14.9 Å². The molecule has 0 aliphatic carbocycles. The molecule has 1 aliphatic heterocycles. The number of thiophene rings is 1. The van der Waals surface area contributed by atoms with E-state index in [0.29, 0.717) is 54.5 Å². The summed E-state index contributed by atoms with van der Waals surface area (Å²) in [4.78, 5) is 44.0. The third-order valence-electron chi connectivity index (χ3n) is 6.37. The molecule has 0 radical (unpaired) electrons. The summed E-state index contributed by atoms with van der Waals surface area (Å²) in [5, 5.41) is 5.05. The Morgan fingerprint density at radius 3 is 2.76 bits per heavy atom. The van der Waals surface area contributed by atoms with Gasteiger partial charge in [-0.15, -0.1) is 11.3 Å². The molecule has 6 nitrogen and oxygen atoms in total. The average molecular weight is 478 g/mol. The van der Waals surface area contributed by atoms with Crippen molar-refractivity contribution >= 4 is 33.9 Å². The lowest BCUT2D eigenvalue weighted by molar-refractivity contribution is -0.125. The summed E-state index contributed by atoms with van der Waals surface area (Å²) in [6, 6.07) is 7.64. The van der Waals surface area contributed by atoms with Gasteiger partial charge in [-0.05, 0) is 42.7 Å². The largest absolute Gasteiger partial charge is 0.329 e. The predicted octanol–water partition coefficient (Wildman–Crippen LogP) is 4.77. The number of fused-ring (bicyclic) bond motifs is 1. The van der Waals surface area contributed by atoms with E-state index in [1.807, 2.05) is 12.1 Å². The molecule has 1 fully saturated rings. The summed E-state index contributed by atoms with van der Waals surface area (Å²) >= 11 is 1.45. The van der Waals surface area contributed by atoms with Crippen molar-refractivity contribution in [3.8, 4) is 0 Å². The predicted molar refractivity (Wildman–Crippen MR) is 136 cm³/mol. The van der Waals surface area contributed by atoms with Gasteiger partial charge < -0.3 is 5.32 Å². The first-order chi connectivity index (χ1) is 16.0. The quantitative estimate of drug-likeness (QED) is 0.554. The Kier molecular flexibility index (Phi) is 6.58. The van der Waals surface area contributed by atoms with Crippen LogP contribution in [0.2, 0.25) is 0 Å². The van der Waals surface area contributed by atoms with Crippen molar-refractivity contribution in [1.29, 1.82) is 0 Å². The Bertz CT molecular complexity index is 1340. The molecule has 178 valence electrons. The number of Topliss-reactive ketones (excluding diaryl/α,β-unsaturated/α-hetero) is 1. The molecule has 3 heterocycles. The number of piperidine rings is 1. The van der Waals surface area contributed by atoms with Crippen LogP contribution in [0.1, 0.15) is 67.9 Å². The van der Waals surface area contributed by atoms with E-state index in [-0.39, 0.29) is 22.7 Å². The Morgan fingerprint density at radius 2 is 2.06 bits per heavy atom. The average Bonchev–Trinajstić information content (AvgIpc) is 3.16. The highest BCUT2D eigenvalue weighted by Gasteiger charge is 2.29. The molecule has 34 heavy (non-hydrogen) atoms. The molecule has 1 unspecified atom stereocenters. The maximum atomic E-state index is 13.2. The lowest BCUT2D eigenvalue weighted by atomic mass is 9.85. The zero-order valence-corrected chi connectivity index (χ0v) is 21.1. The molecule has 2 aromatic heterocycles. The molecule has 7 heteroatoms. The van der Waals surface area contributed by atoms with Crippen LogP contribution in [0.4, 0.5) is 0 Å². The molecule has 4 rings (SSSR count). The van der Waals surface area contributed by atoms with Gasteiger partial charge in [-0.25, -0.2) is 4.98 Å². The highest BCUT2D eigenvalue weighted by atomic mass is 32.1. The lowest BCUT2D eigenvalue weighted by Crippen LogP contribution is -2.41. The van der Waals surface area contributed by atoms with Gasteiger partial charge in [0.1, 0.15) is 17.6 Å². The molecule has 0 bridgehead atoms. The third kappa shape index (κ3) is 4.89. The van der Waals surface area contributed by atoms with E-state index in [1.165, 1.54) is 21.5 Å². The number of carbonyl (C=O) groups excluding carboxylic acids is 2. The van der Waals surface area contributed by atoms with Crippen molar-refractivity contribution in [2.75, 3.05) is 0 Å². The van der Waals surface area contributed by atoms with E-state index >= 15 is 0 Å². The Labute approximate surface area is 203 Å². The normalized spacial score (nSPS) is 16.6. The number of aryl methyl sites for hydroxylation is 2. The lowest BCUT2D eigenvalue weighted by Gasteiger charge is -2.26. The van der Waals surface area contributed by atoms with Crippen molar-refractivity contribution in [3.63, 3.8) is 0 Å². The van der Waals surface area contributed by atoms with Crippen molar-refractivity contribution in [3.05, 3.63) is 74.1 Å². The van der Waals surface area contributed by atoms with Crippen LogP contribution in [-0.4, -0.2) is 21.2 Å². The minimum Gasteiger partial charge on any atom is -0.329 e. The second-order valence-corrected chi connectivity index (χ2v) is 11.0. The number of nitrogens with one attached hydrogen (secondary N) is 1. The van der Waals surface area contributed by atoms with Gasteiger partial charge in [0.15, 0.2) is 0 Å². The molecule has 1 aliphatic rings. The van der Waals surface area contributed by atoms with E-state index in [9.17, 15) is 14.4 Å². The first-order valence-corrected chi connectivity index (χ1v) is 12.5. The monoisotopic (exact) mass is 477 g/mol. The van der Waals surface area contributed by atoms with Gasteiger partial charge in [0.25, 0.3) is 5.56 Å². The maximum Gasteiger partial charge on any atom is 0.262 e. The van der Waals surface area contributed by atoms with Crippen LogP contribution < -0.4 is 10.9 Å². The number of ketones is 1. The molecule has 1 amide bonds. The highest BCUT2D eigenvalue weighted by Crippen LogP contribution is 2.27. The van der Waals surface area contributed by atoms with Crippen molar-refractivity contribution in [2.24, 2.45) is 0 Å². The molecule has 1 aromatic carbocycles. The third-order valence-corrected chi connectivity index (χ3v) is 7.40. The second-order valence-electron chi connectivity index (χ2n) is 10.1. The van der Waals surface area contributed by atoms with E-state index < -0.39 is 6.04 Å². The SMILES string of the molecule is C=C1CCC(n2c(C)nc3c(CCC(=O)Cc4cccc(C(C)(C)C)c4)scc3c2=O)C(=O)N1. The smallest absolute Gasteiger partial charge is 0.262 e. The van der Waals surface area contributed by atoms with Gasteiger partial charge in [-0.1, -0.05) is 51.6 Å². The van der Waals surface area contributed by atoms with Crippen molar-refractivity contribution < 1.29 is 9.59 Å². The Balaban J connectivity index is 1.51. The zero-order valence-electron chi connectivity index (χ0n) is 20.2. The van der Waals surface area contributed by atoms with Crippen LogP contribution in [0.3, 0.4) is 0 Å². The summed E-state index contributed by atoms with van der Waals surface area (Å²) < 4.78 is 1.49. The number of benzene rings is 1. The minimum absolute atomic E-state index is 0.0393. The van der Waals surface area contributed by atoms with Crippen LogP contribution in [0.25, 0.3) is 10.9 Å². The minimum atomic E-state index is -0.580. The fourth-order valence-electron chi connectivity index (χ4n) is 4.43. The first kappa shape index (κ1) is 24.1. The van der Waals surface area contributed by atoms with Crippen LogP contribution in [-0.2, 0) is 27.8 Å². The van der Waals surface area contributed by atoms with Crippen molar-refractivity contribution in [2.45, 2.75) is 71.3 Å². The molecule has 3 aromatic rings. The number of rotatable bonds is 6. The van der Waals surface area contributed by atoms with E-state index in [1.54, 1.807) is 12.3 Å².